The van der Waals surface area contributed by atoms with Crippen molar-refractivity contribution >= 4 is 24.3 Å². The molecule has 0 unspecified atom stereocenters. The van der Waals surface area contributed by atoms with Gasteiger partial charge in [-0.15, -0.1) is 12.4 Å². The number of nitrogens with one attached hydrogen (secondary N) is 1. The summed E-state index contributed by atoms with van der Waals surface area (Å²) >= 11 is 0. The molecule has 2 aliphatic rings. The van der Waals surface area contributed by atoms with Crippen LogP contribution in [-0.4, -0.2) is 54.2 Å². The molecule has 2 N–H and O–H groups in total. The summed E-state index contributed by atoms with van der Waals surface area (Å²) in [6, 6.07) is 9.80. The smallest absolute Gasteiger partial charge is 0.393 e. The maximum absolute atomic E-state index is 13.0. The average Bonchev–Trinajstić information content (AvgIpc) is 3.25. The number of halogens is 4. The van der Waals surface area contributed by atoms with Crippen molar-refractivity contribution in [2.75, 3.05) is 26.2 Å². The van der Waals surface area contributed by atoms with E-state index >= 15 is 0 Å². The Bertz CT molecular complexity index is 680. The Morgan fingerprint density at radius 3 is 2.30 bits per heavy atom. The minimum Gasteiger partial charge on any atom is -0.481 e. The number of hydrogen-bond donors (Lipinski definition) is 2. The molecular weight excluding hydrogens is 385 g/mol. The Kier molecular flexibility index (Phi) is 6.42. The second-order valence-corrected chi connectivity index (χ2v) is 7.21. The van der Waals surface area contributed by atoms with Crippen molar-refractivity contribution in [2.24, 2.45) is 11.8 Å². The Balaban J connectivity index is 0.00000261. The van der Waals surface area contributed by atoms with E-state index in [1.54, 1.807) is 0 Å². The Labute approximate surface area is 161 Å². The van der Waals surface area contributed by atoms with Crippen LogP contribution in [0.5, 0.6) is 0 Å². The van der Waals surface area contributed by atoms with Crippen LogP contribution in [-0.2, 0) is 15.0 Å². The number of carbonyl (C=O) groups is 2. The lowest BCUT2D eigenvalue weighted by atomic mass is 9.96. The second kappa shape index (κ2) is 8.06. The number of aliphatic carboxylic acids is 1. The summed E-state index contributed by atoms with van der Waals surface area (Å²) in [6.07, 6.45) is -2.67. The number of rotatable bonds is 6. The summed E-state index contributed by atoms with van der Waals surface area (Å²) in [4.78, 5) is 24.5. The van der Waals surface area contributed by atoms with E-state index in [0.717, 1.165) is 18.4 Å². The lowest BCUT2D eigenvalue weighted by Crippen LogP contribution is -2.40. The third-order valence-electron chi connectivity index (χ3n) is 5.36. The van der Waals surface area contributed by atoms with Crippen LogP contribution in [0.3, 0.4) is 0 Å². The Hall–Kier alpha value is -1.80. The molecule has 27 heavy (non-hydrogen) atoms. The molecule has 1 amide bonds. The van der Waals surface area contributed by atoms with E-state index in [-0.39, 0.29) is 36.8 Å². The maximum Gasteiger partial charge on any atom is 0.393 e. The molecular formula is C18H22ClF3N2O3. The standard InChI is InChI=1S/C18H21F3N2O3.ClH/c19-18(20,21)14-9-23(8-13(14)16(25)26)10-15(24)22-11-17(6-7-17)12-4-2-1-3-5-12;/h1-5,13-14H,6-11H2,(H,22,24)(H,25,26);1H/t13-,14-;/m1./s1. The van der Waals surface area contributed by atoms with Gasteiger partial charge >= 0.3 is 12.1 Å². The number of carboxylic acids is 1. The molecule has 1 aromatic rings. The van der Waals surface area contributed by atoms with Gasteiger partial charge in [0.05, 0.1) is 18.4 Å². The zero-order valence-corrected chi connectivity index (χ0v) is 15.4. The summed E-state index contributed by atoms with van der Waals surface area (Å²) in [6.45, 7) is -0.509. The van der Waals surface area contributed by atoms with Crippen LogP contribution in [0.4, 0.5) is 13.2 Å². The van der Waals surface area contributed by atoms with Crippen molar-refractivity contribution in [3.63, 3.8) is 0 Å². The highest BCUT2D eigenvalue weighted by atomic mass is 35.5. The molecule has 5 nitrogen and oxygen atoms in total. The van der Waals surface area contributed by atoms with Crippen LogP contribution >= 0.6 is 12.4 Å². The van der Waals surface area contributed by atoms with Crippen molar-refractivity contribution in [2.45, 2.75) is 24.4 Å². The van der Waals surface area contributed by atoms with Gasteiger partial charge < -0.3 is 10.4 Å². The van der Waals surface area contributed by atoms with Gasteiger partial charge in [-0.1, -0.05) is 30.3 Å². The van der Waals surface area contributed by atoms with Gasteiger partial charge in [-0.05, 0) is 18.4 Å². The largest absolute Gasteiger partial charge is 0.481 e. The highest BCUT2D eigenvalue weighted by Gasteiger charge is 2.52. The van der Waals surface area contributed by atoms with E-state index in [9.17, 15) is 22.8 Å². The lowest BCUT2D eigenvalue weighted by molar-refractivity contribution is -0.188. The van der Waals surface area contributed by atoms with Gasteiger partial charge in [0.25, 0.3) is 0 Å². The van der Waals surface area contributed by atoms with Crippen LogP contribution in [0.15, 0.2) is 30.3 Å². The first-order chi connectivity index (χ1) is 12.2. The van der Waals surface area contributed by atoms with Gasteiger partial charge in [-0.2, -0.15) is 13.2 Å². The minimum absolute atomic E-state index is 0. The molecule has 0 bridgehead atoms. The van der Waals surface area contributed by atoms with E-state index in [1.165, 1.54) is 4.90 Å². The van der Waals surface area contributed by atoms with E-state index in [1.807, 2.05) is 30.3 Å². The fourth-order valence-corrected chi connectivity index (χ4v) is 3.63. The molecule has 1 aliphatic carbocycles. The highest BCUT2D eigenvalue weighted by molar-refractivity contribution is 5.85. The second-order valence-electron chi connectivity index (χ2n) is 7.21. The first-order valence-corrected chi connectivity index (χ1v) is 8.55. The van der Waals surface area contributed by atoms with Gasteiger partial charge in [-0.3, -0.25) is 14.5 Å². The van der Waals surface area contributed by atoms with Gasteiger partial charge in [0, 0.05) is 25.0 Å². The fraction of sp³-hybridized carbons (Fsp3) is 0.556. The van der Waals surface area contributed by atoms with Crippen LogP contribution in [0.1, 0.15) is 18.4 Å². The first kappa shape index (κ1) is 21.5. The molecule has 0 spiro atoms. The Morgan fingerprint density at radius 1 is 1.19 bits per heavy atom. The summed E-state index contributed by atoms with van der Waals surface area (Å²) < 4.78 is 39.0. The van der Waals surface area contributed by atoms with Gasteiger partial charge in [-0.25, -0.2) is 0 Å². The van der Waals surface area contributed by atoms with Crippen LogP contribution < -0.4 is 5.32 Å². The molecule has 9 heteroatoms. The zero-order chi connectivity index (χ0) is 18.9. The van der Waals surface area contributed by atoms with E-state index in [0.29, 0.717) is 6.54 Å². The van der Waals surface area contributed by atoms with Crippen LogP contribution in [0.25, 0.3) is 0 Å². The molecule has 1 saturated carbocycles. The average molecular weight is 407 g/mol. The quantitative estimate of drug-likeness (QED) is 0.761. The highest BCUT2D eigenvalue weighted by Crippen LogP contribution is 2.47. The number of alkyl halides is 3. The summed E-state index contributed by atoms with van der Waals surface area (Å²) in [5, 5.41) is 11.8. The third kappa shape index (κ3) is 4.93. The van der Waals surface area contributed by atoms with E-state index in [2.05, 4.69) is 5.32 Å². The number of benzene rings is 1. The summed E-state index contributed by atoms with van der Waals surface area (Å²) in [5.74, 6) is -5.32. The predicted octanol–water partition coefficient (Wildman–Crippen LogP) is 2.45. The van der Waals surface area contributed by atoms with Crippen molar-refractivity contribution in [1.29, 1.82) is 0 Å². The SMILES string of the molecule is Cl.O=C(CN1C[C@@H](C(F)(F)F)[C@H](C(=O)O)C1)NCC1(c2ccccc2)CC1. The van der Waals surface area contributed by atoms with Crippen LogP contribution in [0.2, 0.25) is 0 Å². The molecule has 0 aromatic heterocycles. The zero-order valence-electron chi connectivity index (χ0n) is 14.5. The molecule has 150 valence electrons. The topological polar surface area (TPSA) is 69.6 Å². The molecule has 2 atom stereocenters. The molecule has 1 aliphatic heterocycles. The molecule has 1 heterocycles. The normalized spacial score (nSPS) is 24.1. The lowest BCUT2D eigenvalue weighted by Gasteiger charge is -2.19. The minimum atomic E-state index is -4.58. The van der Waals surface area contributed by atoms with Crippen molar-refractivity contribution in [1.82, 2.24) is 10.2 Å². The monoisotopic (exact) mass is 406 g/mol. The summed E-state index contributed by atoms with van der Waals surface area (Å²) in [5.41, 5.74) is 1.06. The number of carboxylic acid groups (broad SMARTS) is 1. The van der Waals surface area contributed by atoms with Gasteiger partial charge in [0.1, 0.15) is 0 Å². The first-order valence-electron chi connectivity index (χ1n) is 8.55. The molecule has 1 saturated heterocycles. The summed E-state index contributed by atoms with van der Waals surface area (Å²) in [7, 11) is 0. The third-order valence-corrected chi connectivity index (χ3v) is 5.36. The number of amides is 1. The van der Waals surface area contributed by atoms with Gasteiger partial charge in [0.15, 0.2) is 0 Å². The predicted molar refractivity (Wildman–Crippen MR) is 94.7 cm³/mol. The van der Waals surface area contributed by atoms with E-state index < -0.39 is 30.5 Å². The molecule has 2 fully saturated rings. The molecule has 3 rings (SSSR count). The van der Waals surface area contributed by atoms with Crippen molar-refractivity contribution in [3.05, 3.63) is 35.9 Å². The molecule has 1 aromatic carbocycles. The molecule has 0 radical (unpaired) electrons. The van der Waals surface area contributed by atoms with E-state index in [4.69, 9.17) is 5.11 Å². The van der Waals surface area contributed by atoms with Gasteiger partial charge in [0.2, 0.25) is 5.91 Å². The number of carbonyl (C=O) groups excluding carboxylic acids is 1. The number of hydrogen-bond acceptors (Lipinski definition) is 3. The maximum atomic E-state index is 13.0. The van der Waals surface area contributed by atoms with Crippen molar-refractivity contribution < 1.29 is 27.9 Å². The van der Waals surface area contributed by atoms with Crippen molar-refractivity contribution in [3.8, 4) is 0 Å². The fourth-order valence-electron chi connectivity index (χ4n) is 3.63. The number of likely N-dealkylation sites (tertiary alicyclic amines) is 1. The Morgan fingerprint density at radius 2 is 1.81 bits per heavy atom. The number of nitrogens with zero attached hydrogens (tertiary/aromatic N) is 1. The van der Waals surface area contributed by atoms with Crippen LogP contribution in [0, 0.1) is 11.8 Å².